The van der Waals surface area contributed by atoms with Crippen LogP contribution in [0.25, 0.3) is 0 Å². The summed E-state index contributed by atoms with van der Waals surface area (Å²) in [5, 5.41) is 3.06. The Balaban J connectivity index is 1.77. The summed E-state index contributed by atoms with van der Waals surface area (Å²) in [6.07, 6.45) is 0.982. The fraction of sp³-hybridized carbons (Fsp3) is 0.297. The normalized spacial score (nSPS) is 12.5. The van der Waals surface area contributed by atoms with Gasteiger partial charge in [0.1, 0.15) is 18.3 Å². The predicted molar refractivity (Wildman–Crippen MR) is 182 cm³/mol. The molecule has 0 spiro atoms. The molecule has 0 aliphatic heterocycles. The third-order valence-corrected chi connectivity index (χ3v) is 9.58. The van der Waals surface area contributed by atoms with Gasteiger partial charge < -0.3 is 15.0 Å². The Morgan fingerprint density at radius 1 is 0.804 bits per heavy atom. The lowest BCUT2D eigenvalue weighted by Crippen LogP contribution is -2.54. The fourth-order valence-corrected chi connectivity index (χ4v) is 6.42. The van der Waals surface area contributed by atoms with Gasteiger partial charge >= 0.3 is 0 Å². The van der Waals surface area contributed by atoms with Crippen LogP contribution in [0.1, 0.15) is 43.9 Å². The van der Waals surface area contributed by atoms with Crippen molar-refractivity contribution in [2.75, 3.05) is 17.5 Å². The van der Waals surface area contributed by atoms with Crippen LogP contribution in [0.3, 0.4) is 0 Å². The number of hydrogen-bond acceptors (Lipinski definition) is 5. The molecule has 0 saturated heterocycles. The van der Waals surface area contributed by atoms with Crippen molar-refractivity contribution < 1.29 is 22.7 Å². The number of hydrogen-bond donors (Lipinski definition) is 1. The zero-order valence-electron chi connectivity index (χ0n) is 26.9. The van der Waals surface area contributed by atoms with E-state index in [2.05, 4.69) is 5.32 Å². The zero-order chi connectivity index (χ0) is 33.1. The van der Waals surface area contributed by atoms with E-state index in [1.807, 2.05) is 82.3 Å². The first kappa shape index (κ1) is 34.2. The molecule has 0 heterocycles. The lowest BCUT2D eigenvalue weighted by molar-refractivity contribution is -0.140. The second-order valence-electron chi connectivity index (χ2n) is 11.3. The van der Waals surface area contributed by atoms with E-state index in [0.29, 0.717) is 18.0 Å². The number of para-hydroxylation sites is 1. The third kappa shape index (κ3) is 8.97. The molecule has 0 fully saturated rings. The van der Waals surface area contributed by atoms with Crippen LogP contribution in [-0.2, 0) is 32.6 Å². The average Bonchev–Trinajstić information content (AvgIpc) is 3.07. The summed E-state index contributed by atoms with van der Waals surface area (Å²) < 4.78 is 35.0. The molecule has 4 rings (SSSR count). The molecule has 0 radical (unpaired) electrons. The second-order valence-corrected chi connectivity index (χ2v) is 13.1. The Hall–Kier alpha value is -4.63. The van der Waals surface area contributed by atoms with Gasteiger partial charge in [0, 0.05) is 19.0 Å². The van der Waals surface area contributed by atoms with E-state index in [0.717, 1.165) is 27.4 Å². The number of nitrogens with one attached hydrogen (secondary N) is 1. The molecular weight excluding hydrogens is 598 g/mol. The molecule has 242 valence electrons. The lowest BCUT2D eigenvalue weighted by Gasteiger charge is -2.34. The second kappa shape index (κ2) is 16.1. The van der Waals surface area contributed by atoms with Crippen molar-refractivity contribution in [3.63, 3.8) is 0 Å². The van der Waals surface area contributed by atoms with Crippen molar-refractivity contribution in [2.45, 2.75) is 64.1 Å². The van der Waals surface area contributed by atoms with Crippen LogP contribution in [0.15, 0.2) is 114 Å². The molecule has 0 aliphatic rings. The Kier molecular flexibility index (Phi) is 12.0. The number of benzene rings is 4. The largest absolute Gasteiger partial charge is 0.494 e. The number of carbonyl (C=O) groups excluding carboxylic acids is 2. The highest BCUT2D eigenvalue weighted by atomic mass is 32.2. The highest BCUT2D eigenvalue weighted by Crippen LogP contribution is 2.26. The smallest absolute Gasteiger partial charge is 0.264 e. The van der Waals surface area contributed by atoms with E-state index < -0.39 is 28.5 Å². The summed E-state index contributed by atoms with van der Waals surface area (Å²) >= 11 is 0. The minimum absolute atomic E-state index is 0.0213. The Labute approximate surface area is 273 Å². The topological polar surface area (TPSA) is 96.0 Å². The van der Waals surface area contributed by atoms with Gasteiger partial charge in [0.15, 0.2) is 0 Å². The molecule has 4 aromatic rings. The van der Waals surface area contributed by atoms with E-state index in [1.165, 1.54) is 17.0 Å². The Morgan fingerprint density at radius 3 is 2.00 bits per heavy atom. The van der Waals surface area contributed by atoms with Gasteiger partial charge in [0.05, 0.1) is 17.2 Å². The molecule has 46 heavy (non-hydrogen) atoms. The van der Waals surface area contributed by atoms with Gasteiger partial charge in [-0.15, -0.1) is 0 Å². The molecule has 0 aromatic heterocycles. The maximum Gasteiger partial charge on any atom is 0.264 e. The van der Waals surface area contributed by atoms with Crippen molar-refractivity contribution in [1.29, 1.82) is 0 Å². The van der Waals surface area contributed by atoms with E-state index in [9.17, 15) is 18.0 Å². The van der Waals surface area contributed by atoms with Crippen LogP contribution in [0.4, 0.5) is 5.69 Å². The third-order valence-electron chi connectivity index (χ3n) is 7.79. The van der Waals surface area contributed by atoms with Crippen LogP contribution >= 0.6 is 0 Å². The van der Waals surface area contributed by atoms with Gasteiger partial charge in [-0.25, -0.2) is 8.42 Å². The Morgan fingerprint density at radius 2 is 1.41 bits per heavy atom. The average molecular weight is 642 g/mol. The highest BCUT2D eigenvalue weighted by molar-refractivity contribution is 7.92. The van der Waals surface area contributed by atoms with Crippen molar-refractivity contribution in [3.8, 4) is 5.75 Å². The lowest BCUT2D eigenvalue weighted by atomic mass is 10.0. The van der Waals surface area contributed by atoms with Gasteiger partial charge in [0.2, 0.25) is 11.8 Å². The summed E-state index contributed by atoms with van der Waals surface area (Å²) in [5.74, 6) is -0.248. The van der Waals surface area contributed by atoms with Gasteiger partial charge in [0.25, 0.3) is 10.0 Å². The summed E-state index contributed by atoms with van der Waals surface area (Å²) in [7, 11) is -4.19. The monoisotopic (exact) mass is 641 g/mol. The minimum Gasteiger partial charge on any atom is -0.494 e. The number of sulfonamides is 1. The maximum absolute atomic E-state index is 14.5. The molecule has 4 aromatic carbocycles. The summed E-state index contributed by atoms with van der Waals surface area (Å²) in [4.78, 5) is 30.0. The van der Waals surface area contributed by atoms with Crippen LogP contribution in [0, 0.1) is 6.92 Å². The van der Waals surface area contributed by atoms with Crippen LogP contribution in [0.2, 0.25) is 0 Å². The van der Waals surface area contributed by atoms with Crippen molar-refractivity contribution >= 4 is 27.5 Å². The maximum atomic E-state index is 14.5. The number of ether oxygens (including phenoxy) is 1. The molecule has 0 bridgehead atoms. The van der Waals surface area contributed by atoms with Gasteiger partial charge in [-0.05, 0) is 74.7 Å². The first-order chi connectivity index (χ1) is 22.1. The quantitative estimate of drug-likeness (QED) is 0.168. The molecule has 0 saturated carbocycles. The van der Waals surface area contributed by atoms with E-state index in [-0.39, 0.29) is 29.8 Å². The molecule has 0 unspecified atom stereocenters. The number of anilines is 1. The van der Waals surface area contributed by atoms with E-state index >= 15 is 0 Å². The SMILES string of the molecule is CCOc1ccc(S(=O)(=O)N(CC(=O)N(Cc2ccc(C)cc2)[C@H](Cc2ccccc2)C(=O)N[C@@H](C)CC)c2ccccc2)cc1. The number of carbonyl (C=O) groups is 2. The zero-order valence-corrected chi connectivity index (χ0v) is 27.7. The molecular formula is C37H43N3O5S. The van der Waals surface area contributed by atoms with Crippen molar-refractivity contribution in [2.24, 2.45) is 0 Å². The number of amides is 2. The summed E-state index contributed by atoms with van der Waals surface area (Å²) in [5.41, 5.74) is 3.11. The summed E-state index contributed by atoms with van der Waals surface area (Å²) in [6, 6.07) is 31.0. The number of rotatable bonds is 15. The highest BCUT2D eigenvalue weighted by Gasteiger charge is 2.35. The predicted octanol–water partition coefficient (Wildman–Crippen LogP) is 6.14. The van der Waals surface area contributed by atoms with Crippen molar-refractivity contribution in [3.05, 3.63) is 126 Å². The van der Waals surface area contributed by atoms with Crippen LogP contribution in [-0.4, -0.2) is 50.4 Å². The molecule has 1 N–H and O–H groups in total. The Bertz CT molecular complexity index is 1660. The minimum atomic E-state index is -4.19. The first-order valence-electron chi connectivity index (χ1n) is 15.6. The standard InChI is InChI=1S/C37H43N3O5S/c1-5-29(4)38-37(42)35(25-30-13-9-7-10-14-30)39(26-31-19-17-28(3)18-20-31)36(41)27-40(32-15-11-8-12-16-32)46(43,44)34-23-21-33(22-24-34)45-6-2/h7-24,29,35H,5-6,25-27H2,1-4H3,(H,38,42)/t29-,35+/m0/s1. The van der Waals surface area contributed by atoms with Crippen molar-refractivity contribution in [1.82, 2.24) is 10.2 Å². The van der Waals surface area contributed by atoms with Crippen LogP contribution in [0.5, 0.6) is 5.75 Å². The van der Waals surface area contributed by atoms with Gasteiger partial charge in [-0.3, -0.25) is 13.9 Å². The molecule has 2 amide bonds. The molecule has 8 nitrogen and oxygen atoms in total. The van der Waals surface area contributed by atoms with Crippen LogP contribution < -0.4 is 14.4 Å². The van der Waals surface area contributed by atoms with E-state index in [1.54, 1.807) is 42.5 Å². The van der Waals surface area contributed by atoms with E-state index in [4.69, 9.17) is 4.74 Å². The van der Waals surface area contributed by atoms with Gasteiger partial charge in [-0.2, -0.15) is 0 Å². The molecule has 0 aliphatic carbocycles. The molecule has 9 heteroatoms. The number of nitrogens with zero attached hydrogens (tertiary/aromatic N) is 2. The fourth-order valence-electron chi connectivity index (χ4n) is 5.01. The van der Waals surface area contributed by atoms with Gasteiger partial charge in [-0.1, -0.05) is 85.3 Å². The summed E-state index contributed by atoms with van der Waals surface area (Å²) in [6.45, 7) is 7.80. The number of aryl methyl sites for hydroxylation is 1. The first-order valence-corrected chi connectivity index (χ1v) is 17.1. The molecule has 2 atom stereocenters.